The van der Waals surface area contributed by atoms with Crippen molar-refractivity contribution in [3.05, 3.63) is 44.8 Å². The SMILES string of the molecule is Cc1cn(CC(=O)OCCN2C(=O)[C@@H]3[C@H](C2=O)[C@@H]2C=C[C@H]3C2)c(=O)[nH]c1=O. The van der Waals surface area contributed by atoms with Gasteiger partial charge in [0.2, 0.25) is 11.8 Å². The van der Waals surface area contributed by atoms with E-state index in [4.69, 9.17) is 4.74 Å². The third-order valence-electron chi connectivity index (χ3n) is 5.63. The van der Waals surface area contributed by atoms with Gasteiger partial charge in [0.05, 0.1) is 18.4 Å². The van der Waals surface area contributed by atoms with Crippen molar-refractivity contribution in [2.45, 2.75) is 19.9 Å². The Morgan fingerprint density at radius 1 is 1.15 bits per heavy atom. The normalized spacial score (nSPS) is 28.1. The molecular formula is C18H19N3O6. The maximum Gasteiger partial charge on any atom is 0.328 e. The Labute approximate surface area is 153 Å². The molecule has 0 unspecified atom stereocenters. The molecule has 1 aliphatic heterocycles. The van der Waals surface area contributed by atoms with Gasteiger partial charge in [0.25, 0.3) is 5.56 Å². The lowest BCUT2D eigenvalue weighted by Gasteiger charge is -2.17. The lowest BCUT2D eigenvalue weighted by molar-refractivity contribution is -0.149. The maximum absolute atomic E-state index is 12.5. The summed E-state index contributed by atoms with van der Waals surface area (Å²) in [7, 11) is 0. The average Bonchev–Trinajstić information content (AvgIpc) is 3.29. The molecule has 1 saturated heterocycles. The van der Waals surface area contributed by atoms with Gasteiger partial charge in [-0.25, -0.2) is 4.79 Å². The van der Waals surface area contributed by atoms with Crippen LogP contribution in [0.15, 0.2) is 27.9 Å². The predicted octanol–water partition coefficient (Wildman–Crippen LogP) is -0.805. The molecule has 2 aliphatic carbocycles. The van der Waals surface area contributed by atoms with E-state index in [2.05, 4.69) is 4.98 Å². The van der Waals surface area contributed by atoms with Gasteiger partial charge in [0.1, 0.15) is 13.2 Å². The third-order valence-corrected chi connectivity index (χ3v) is 5.63. The second-order valence-corrected chi connectivity index (χ2v) is 7.25. The lowest BCUT2D eigenvalue weighted by atomic mass is 9.85. The first-order valence-electron chi connectivity index (χ1n) is 8.86. The van der Waals surface area contributed by atoms with Gasteiger partial charge in [0, 0.05) is 11.8 Å². The number of H-pyrrole nitrogens is 1. The number of aromatic amines is 1. The van der Waals surface area contributed by atoms with Gasteiger partial charge in [-0.2, -0.15) is 0 Å². The van der Waals surface area contributed by atoms with E-state index in [1.54, 1.807) is 0 Å². The van der Waals surface area contributed by atoms with Crippen LogP contribution in [-0.4, -0.2) is 45.4 Å². The van der Waals surface area contributed by atoms with E-state index in [1.807, 2.05) is 12.2 Å². The van der Waals surface area contributed by atoms with E-state index in [0.717, 1.165) is 11.0 Å². The average molecular weight is 373 g/mol. The molecule has 2 heterocycles. The Balaban J connectivity index is 1.33. The van der Waals surface area contributed by atoms with Crippen molar-refractivity contribution in [3.8, 4) is 0 Å². The van der Waals surface area contributed by atoms with Crippen LogP contribution >= 0.6 is 0 Å². The van der Waals surface area contributed by atoms with Crippen LogP contribution in [0.1, 0.15) is 12.0 Å². The molecule has 2 fully saturated rings. The number of carbonyl (C=O) groups is 3. The minimum Gasteiger partial charge on any atom is -0.462 e. The van der Waals surface area contributed by atoms with Crippen LogP contribution in [0.3, 0.4) is 0 Å². The number of aromatic nitrogens is 2. The minimum absolute atomic E-state index is 0.00932. The first kappa shape index (κ1) is 17.4. The fourth-order valence-electron chi connectivity index (χ4n) is 4.36. The van der Waals surface area contributed by atoms with Crippen molar-refractivity contribution >= 4 is 17.8 Å². The highest BCUT2D eigenvalue weighted by Crippen LogP contribution is 2.52. The third kappa shape index (κ3) is 2.83. The van der Waals surface area contributed by atoms with Crippen LogP contribution in [-0.2, 0) is 25.7 Å². The van der Waals surface area contributed by atoms with Crippen molar-refractivity contribution in [3.63, 3.8) is 0 Å². The molecule has 1 aromatic rings. The van der Waals surface area contributed by atoms with E-state index in [-0.39, 0.29) is 55.2 Å². The smallest absolute Gasteiger partial charge is 0.328 e. The van der Waals surface area contributed by atoms with E-state index >= 15 is 0 Å². The molecule has 4 atom stereocenters. The topological polar surface area (TPSA) is 119 Å². The summed E-state index contributed by atoms with van der Waals surface area (Å²) in [6.07, 6.45) is 6.18. The summed E-state index contributed by atoms with van der Waals surface area (Å²) >= 11 is 0. The van der Waals surface area contributed by atoms with E-state index in [0.29, 0.717) is 5.56 Å². The van der Waals surface area contributed by atoms with Crippen molar-refractivity contribution < 1.29 is 19.1 Å². The molecular weight excluding hydrogens is 354 g/mol. The molecule has 0 spiro atoms. The first-order chi connectivity index (χ1) is 12.9. The van der Waals surface area contributed by atoms with Crippen LogP contribution in [0, 0.1) is 30.6 Å². The lowest BCUT2D eigenvalue weighted by Crippen LogP contribution is -2.37. The zero-order chi connectivity index (χ0) is 19.3. The van der Waals surface area contributed by atoms with Gasteiger partial charge in [-0.1, -0.05) is 12.2 Å². The number of hydrogen-bond acceptors (Lipinski definition) is 6. The number of carbonyl (C=O) groups excluding carboxylic acids is 3. The number of likely N-dealkylation sites (tertiary alicyclic amines) is 1. The zero-order valence-electron chi connectivity index (χ0n) is 14.7. The number of ether oxygens (including phenoxy) is 1. The Hall–Kier alpha value is -2.97. The van der Waals surface area contributed by atoms with Gasteiger partial charge in [-0.15, -0.1) is 0 Å². The molecule has 4 rings (SSSR count). The molecule has 27 heavy (non-hydrogen) atoms. The number of esters is 1. The predicted molar refractivity (Wildman–Crippen MR) is 91.5 cm³/mol. The number of nitrogens with one attached hydrogen (secondary N) is 1. The molecule has 1 aromatic heterocycles. The van der Waals surface area contributed by atoms with Gasteiger partial charge in [-0.05, 0) is 25.2 Å². The number of allylic oxidation sites excluding steroid dienone is 2. The van der Waals surface area contributed by atoms with E-state index in [1.165, 1.54) is 18.0 Å². The Morgan fingerprint density at radius 2 is 1.78 bits per heavy atom. The highest BCUT2D eigenvalue weighted by atomic mass is 16.5. The molecule has 2 amide bonds. The molecule has 9 nitrogen and oxygen atoms in total. The number of hydrogen-bond donors (Lipinski definition) is 1. The van der Waals surface area contributed by atoms with Gasteiger partial charge in [-0.3, -0.25) is 33.6 Å². The van der Waals surface area contributed by atoms with E-state index < -0.39 is 17.2 Å². The molecule has 142 valence electrons. The molecule has 2 bridgehead atoms. The number of rotatable bonds is 5. The van der Waals surface area contributed by atoms with Crippen LogP contribution in [0.4, 0.5) is 0 Å². The van der Waals surface area contributed by atoms with E-state index in [9.17, 15) is 24.0 Å². The summed E-state index contributed by atoms with van der Waals surface area (Å²) in [4.78, 5) is 63.3. The van der Waals surface area contributed by atoms with Crippen LogP contribution in [0.5, 0.6) is 0 Å². The molecule has 1 N–H and O–H groups in total. The fourth-order valence-corrected chi connectivity index (χ4v) is 4.36. The Bertz CT molecular complexity index is 944. The number of fused-ring (bicyclic) bond motifs is 5. The summed E-state index contributed by atoms with van der Waals surface area (Å²) in [6, 6.07) is 0. The molecule has 9 heteroatoms. The largest absolute Gasteiger partial charge is 0.462 e. The summed E-state index contributed by atoms with van der Waals surface area (Å²) < 4.78 is 6.11. The van der Waals surface area contributed by atoms with Gasteiger partial charge < -0.3 is 4.74 Å². The van der Waals surface area contributed by atoms with Crippen LogP contribution < -0.4 is 11.2 Å². The summed E-state index contributed by atoms with van der Waals surface area (Å²) in [6.45, 7) is 1.03. The van der Waals surface area contributed by atoms with Gasteiger partial charge >= 0.3 is 11.7 Å². The molecule has 0 radical (unpaired) electrons. The number of amides is 2. The number of nitrogens with zero attached hydrogens (tertiary/aromatic N) is 2. The highest BCUT2D eigenvalue weighted by molar-refractivity contribution is 6.06. The Morgan fingerprint density at radius 3 is 2.41 bits per heavy atom. The highest BCUT2D eigenvalue weighted by Gasteiger charge is 2.59. The zero-order valence-corrected chi connectivity index (χ0v) is 14.7. The standard InChI is InChI=1S/C18H19N3O6/c1-9-7-20(18(26)19-15(9)23)8-12(22)27-5-4-21-16(24)13-10-2-3-11(6-10)14(13)17(21)25/h2-3,7,10-11,13-14H,4-6,8H2,1H3,(H,19,23,26)/t10-,11+,13-,14+. The fraction of sp³-hybridized carbons (Fsp3) is 0.500. The number of aryl methyl sites for hydroxylation is 1. The van der Waals surface area contributed by atoms with Crippen LogP contribution in [0.2, 0.25) is 0 Å². The molecule has 0 aromatic carbocycles. The first-order valence-corrected chi connectivity index (χ1v) is 8.86. The second-order valence-electron chi connectivity index (χ2n) is 7.25. The quantitative estimate of drug-likeness (QED) is 0.410. The Kier molecular flexibility index (Phi) is 4.09. The second kappa shape index (κ2) is 6.33. The summed E-state index contributed by atoms with van der Waals surface area (Å²) in [5.74, 6) is -1.34. The van der Waals surface area contributed by atoms with Crippen LogP contribution in [0.25, 0.3) is 0 Å². The molecule has 3 aliphatic rings. The monoisotopic (exact) mass is 373 g/mol. The van der Waals surface area contributed by atoms with Crippen molar-refractivity contribution in [1.29, 1.82) is 0 Å². The van der Waals surface area contributed by atoms with Crippen molar-refractivity contribution in [2.75, 3.05) is 13.2 Å². The van der Waals surface area contributed by atoms with Gasteiger partial charge in [0.15, 0.2) is 0 Å². The summed E-state index contributed by atoms with van der Waals surface area (Å²) in [5, 5.41) is 0. The van der Waals surface area contributed by atoms with Crippen molar-refractivity contribution in [2.24, 2.45) is 23.7 Å². The maximum atomic E-state index is 12.5. The molecule has 1 saturated carbocycles. The summed E-state index contributed by atoms with van der Waals surface area (Å²) in [5.41, 5.74) is -0.918. The number of imide groups is 1. The van der Waals surface area contributed by atoms with Crippen molar-refractivity contribution in [1.82, 2.24) is 14.5 Å². The minimum atomic E-state index is -0.705.